The van der Waals surface area contributed by atoms with Crippen LogP contribution in [0.2, 0.25) is 5.02 Å². The minimum atomic E-state index is -0.367. The molecule has 0 saturated heterocycles. The molecule has 1 atom stereocenters. The van der Waals surface area contributed by atoms with Gasteiger partial charge in [-0.25, -0.2) is 14.6 Å². The lowest BCUT2D eigenvalue weighted by atomic mass is 10.2. The van der Waals surface area contributed by atoms with Crippen molar-refractivity contribution in [3.8, 4) is 16.9 Å². The van der Waals surface area contributed by atoms with Crippen LogP contribution in [0.1, 0.15) is 41.7 Å². The van der Waals surface area contributed by atoms with Gasteiger partial charge in [-0.05, 0) is 31.0 Å². The average Bonchev–Trinajstić information content (AvgIpc) is 3.40. The van der Waals surface area contributed by atoms with Crippen LogP contribution in [0, 0.1) is 6.92 Å². The van der Waals surface area contributed by atoms with Gasteiger partial charge in [0.25, 0.3) is 5.91 Å². The zero-order valence-electron chi connectivity index (χ0n) is 16.6. The zero-order valence-corrected chi connectivity index (χ0v) is 17.4. The summed E-state index contributed by atoms with van der Waals surface area (Å²) in [6.45, 7) is 3.76. The van der Waals surface area contributed by atoms with Crippen molar-refractivity contribution in [1.82, 2.24) is 30.0 Å². The van der Waals surface area contributed by atoms with Crippen LogP contribution in [-0.4, -0.2) is 30.6 Å². The van der Waals surface area contributed by atoms with Crippen molar-refractivity contribution in [2.75, 3.05) is 0 Å². The van der Waals surface area contributed by atoms with Crippen molar-refractivity contribution in [2.45, 2.75) is 26.3 Å². The van der Waals surface area contributed by atoms with Gasteiger partial charge in [0, 0.05) is 0 Å². The first-order chi connectivity index (χ1) is 14.6. The molecule has 2 N–H and O–H groups in total. The molecule has 2 aromatic carbocycles. The standard InChI is InChI=1S/C22H21ClN6O/c1-3-17(20-24-13-18(26-20)15-9-5-4-6-10-15)27-22(30)21-25-14(2)29(28-21)19-12-8-7-11-16(19)23/h4-13,17H,3H2,1-2H3,(H,24,26)(H,27,30). The number of aromatic nitrogens is 5. The summed E-state index contributed by atoms with van der Waals surface area (Å²) < 4.78 is 1.57. The first-order valence-corrected chi connectivity index (χ1v) is 10.0. The monoisotopic (exact) mass is 420 g/mol. The van der Waals surface area contributed by atoms with Gasteiger partial charge in [-0.15, -0.1) is 5.10 Å². The van der Waals surface area contributed by atoms with Crippen LogP contribution in [0.25, 0.3) is 16.9 Å². The van der Waals surface area contributed by atoms with E-state index in [-0.39, 0.29) is 17.8 Å². The van der Waals surface area contributed by atoms with Crippen molar-refractivity contribution in [3.05, 3.63) is 83.3 Å². The molecule has 8 heteroatoms. The Morgan fingerprint density at radius 1 is 1.17 bits per heavy atom. The van der Waals surface area contributed by atoms with Crippen molar-refractivity contribution in [1.29, 1.82) is 0 Å². The first-order valence-electron chi connectivity index (χ1n) is 9.66. The Bertz CT molecular complexity index is 1170. The summed E-state index contributed by atoms with van der Waals surface area (Å²) in [5, 5.41) is 7.85. The SMILES string of the molecule is CCC(NC(=O)c1nc(C)n(-c2ccccc2Cl)n1)c1ncc(-c2ccccc2)[nH]1. The molecule has 7 nitrogen and oxygen atoms in total. The Kier molecular flexibility index (Phi) is 5.63. The van der Waals surface area contributed by atoms with Crippen LogP contribution >= 0.6 is 11.6 Å². The maximum absolute atomic E-state index is 12.8. The van der Waals surface area contributed by atoms with Crippen LogP contribution in [0.3, 0.4) is 0 Å². The highest BCUT2D eigenvalue weighted by Crippen LogP contribution is 2.22. The minimum absolute atomic E-state index is 0.0840. The average molecular weight is 421 g/mol. The Morgan fingerprint density at radius 3 is 2.63 bits per heavy atom. The van der Waals surface area contributed by atoms with E-state index in [1.54, 1.807) is 23.9 Å². The van der Waals surface area contributed by atoms with E-state index in [4.69, 9.17) is 11.6 Å². The number of rotatable bonds is 6. The Labute approximate surface area is 179 Å². The van der Waals surface area contributed by atoms with E-state index in [2.05, 4.69) is 25.4 Å². The highest BCUT2D eigenvalue weighted by Gasteiger charge is 2.21. The Morgan fingerprint density at radius 2 is 1.90 bits per heavy atom. The quantitative estimate of drug-likeness (QED) is 0.480. The van der Waals surface area contributed by atoms with Gasteiger partial charge < -0.3 is 10.3 Å². The molecular formula is C22H21ClN6O. The number of H-pyrrole nitrogens is 1. The van der Waals surface area contributed by atoms with Crippen LogP contribution in [0.4, 0.5) is 0 Å². The van der Waals surface area contributed by atoms with E-state index in [0.717, 1.165) is 11.3 Å². The van der Waals surface area contributed by atoms with Gasteiger partial charge >= 0.3 is 0 Å². The summed E-state index contributed by atoms with van der Waals surface area (Å²) in [7, 11) is 0. The predicted octanol–water partition coefficient (Wildman–Crippen LogP) is 4.50. The smallest absolute Gasteiger partial charge is 0.291 e. The van der Waals surface area contributed by atoms with Crippen molar-refractivity contribution >= 4 is 17.5 Å². The summed E-state index contributed by atoms with van der Waals surface area (Å²) in [6, 6.07) is 16.9. The maximum Gasteiger partial charge on any atom is 0.291 e. The second-order valence-corrected chi connectivity index (χ2v) is 7.24. The van der Waals surface area contributed by atoms with Crippen LogP contribution in [-0.2, 0) is 0 Å². The lowest BCUT2D eigenvalue weighted by Crippen LogP contribution is -2.29. The van der Waals surface area contributed by atoms with E-state index in [9.17, 15) is 4.79 Å². The van der Waals surface area contributed by atoms with Gasteiger partial charge in [0.2, 0.25) is 5.82 Å². The zero-order chi connectivity index (χ0) is 21.1. The Balaban J connectivity index is 1.54. The number of carbonyl (C=O) groups excluding carboxylic acids is 1. The molecule has 0 radical (unpaired) electrons. The number of halogens is 1. The van der Waals surface area contributed by atoms with E-state index < -0.39 is 0 Å². The largest absolute Gasteiger partial charge is 0.340 e. The third-order valence-corrected chi connectivity index (χ3v) is 5.10. The summed E-state index contributed by atoms with van der Waals surface area (Å²) in [6.07, 6.45) is 2.44. The molecule has 0 aliphatic carbocycles. The molecule has 0 saturated carbocycles. The van der Waals surface area contributed by atoms with Crippen molar-refractivity contribution < 1.29 is 4.79 Å². The molecule has 0 aliphatic heterocycles. The molecule has 2 heterocycles. The van der Waals surface area contributed by atoms with E-state index in [1.807, 2.05) is 55.5 Å². The molecule has 152 valence electrons. The lowest BCUT2D eigenvalue weighted by molar-refractivity contribution is 0.0923. The number of carbonyl (C=O) groups is 1. The third kappa shape index (κ3) is 3.97. The molecule has 0 fully saturated rings. The molecular weight excluding hydrogens is 400 g/mol. The van der Waals surface area contributed by atoms with Gasteiger partial charge in [-0.2, -0.15) is 0 Å². The van der Waals surface area contributed by atoms with Crippen molar-refractivity contribution in [2.24, 2.45) is 0 Å². The fourth-order valence-corrected chi connectivity index (χ4v) is 3.42. The number of hydrogen-bond donors (Lipinski definition) is 2. The van der Waals surface area contributed by atoms with E-state index >= 15 is 0 Å². The summed E-state index contributed by atoms with van der Waals surface area (Å²) in [5.74, 6) is 0.978. The molecule has 2 aromatic heterocycles. The topological polar surface area (TPSA) is 88.5 Å². The highest BCUT2D eigenvalue weighted by atomic mass is 35.5. The van der Waals surface area contributed by atoms with Gasteiger partial charge in [0.05, 0.1) is 28.6 Å². The second kappa shape index (κ2) is 8.51. The molecule has 30 heavy (non-hydrogen) atoms. The number of aryl methyl sites for hydroxylation is 1. The molecule has 0 bridgehead atoms. The minimum Gasteiger partial charge on any atom is -0.340 e. The van der Waals surface area contributed by atoms with E-state index in [1.165, 1.54) is 0 Å². The lowest BCUT2D eigenvalue weighted by Gasteiger charge is -2.13. The molecule has 0 aliphatic rings. The maximum atomic E-state index is 12.8. The number of nitrogens with one attached hydrogen (secondary N) is 2. The molecule has 1 unspecified atom stereocenters. The normalized spacial score (nSPS) is 12.0. The summed E-state index contributed by atoms with van der Waals surface area (Å²) >= 11 is 6.26. The number of benzene rings is 2. The Hall–Kier alpha value is -3.45. The van der Waals surface area contributed by atoms with E-state index in [0.29, 0.717) is 28.8 Å². The second-order valence-electron chi connectivity index (χ2n) is 6.83. The fourth-order valence-electron chi connectivity index (χ4n) is 3.20. The molecule has 4 rings (SSSR count). The van der Waals surface area contributed by atoms with Crippen molar-refractivity contribution in [3.63, 3.8) is 0 Å². The van der Waals surface area contributed by atoms with Gasteiger partial charge in [0.15, 0.2) is 0 Å². The number of para-hydroxylation sites is 1. The number of amides is 1. The summed E-state index contributed by atoms with van der Waals surface area (Å²) in [4.78, 5) is 24.9. The number of imidazole rings is 1. The van der Waals surface area contributed by atoms with Crippen LogP contribution in [0.5, 0.6) is 0 Å². The number of nitrogens with zero attached hydrogens (tertiary/aromatic N) is 4. The number of hydrogen-bond acceptors (Lipinski definition) is 4. The van der Waals surface area contributed by atoms with Gasteiger partial charge in [-0.3, -0.25) is 4.79 Å². The molecule has 1 amide bonds. The number of aromatic amines is 1. The van der Waals surface area contributed by atoms with Crippen LogP contribution in [0.15, 0.2) is 60.8 Å². The highest BCUT2D eigenvalue weighted by molar-refractivity contribution is 6.32. The van der Waals surface area contributed by atoms with Crippen LogP contribution < -0.4 is 5.32 Å². The fraction of sp³-hybridized carbons (Fsp3) is 0.182. The molecule has 4 aromatic rings. The van der Waals surface area contributed by atoms with Gasteiger partial charge in [-0.1, -0.05) is 61.0 Å². The first kappa shape index (κ1) is 19.8. The van der Waals surface area contributed by atoms with Gasteiger partial charge in [0.1, 0.15) is 11.6 Å². The molecule has 0 spiro atoms. The predicted molar refractivity (Wildman–Crippen MR) is 116 cm³/mol. The third-order valence-electron chi connectivity index (χ3n) is 4.78. The summed E-state index contributed by atoms with van der Waals surface area (Å²) in [5.41, 5.74) is 2.61.